The summed E-state index contributed by atoms with van der Waals surface area (Å²) in [6.45, 7) is 7.21. The van der Waals surface area contributed by atoms with Gasteiger partial charge in [-0.15, -0.1) is 0 Å². The second-order valence-electron chi connectivity index (χ2n) is 26.1. The van der Waals surface area contributed by atoms with Crippen molar-refractivity contribution >= 4 is 39.5 Å². The maximum atomic E-state index is 13.0. The second kappa shape index (κ2) is 64.4. The van der Waals surface area contributed by atoms with Gasteiger partial charge in [0.25, 0.3) is 0 Å². The van der Waals surface area contributed by atoms with E-state index in [0.717, 1.165) is 102 Å². The summed E-state index contributed by atoms with van der Waals surface area (Å²) in [5.74, 6) is -1.35. The number of esters is 4. The smallest absolute Gasteiger partial charge is 0.462 e. The molecule has 19 heteroatoms. The highest BCUT2D eigenvalue weighted by molar-refractivity contribution is 7.47. The quantitative estimate of drug-likeness (QED) is 0.0222. The van der Waals surface area contributed by atoms with Gasteiger partial charge in [0.2, 0.25) is 0 Å². The zero-order valence-electron chi connectivity index (χ0n) is 58.3. The Morgan fingerprint density at radius 3 is 0.756 bits per heavy atom. The van der Waals surface area contributed by atoms with Crippen LogP contribution in [0.15, 0.2) is 0 Å². The summed E-state index contributed by atoms with van der Waals surface area (Å²) in [6, 6.07) is 0. The second-order valence-corrected chi connectivity index (χ2v) is 29.0. The van der Waals surface area contributed by atoms with Crippen molar-refractivity contribution in [2.24, 2.45) is 5.92 Å². The first-order valence-electron chi connectivity index (χ1n) is 37.1. The Morgan fingerprint density at radius 1 is 0.300 bits per heavy atom. The van der Waals surface area contributed by atoms with Gasteiger partial charge < -0.3 is 33.8 Å². The molecule has 0 spiro atoms. The molecule has 0 fully saturated rings. The van der Waals surface area contributed by atoms with Crippen molar-refractivity contribution in [1.82, 2.24) is 0 Å². The lowest BCUT2D eigenvalue weighted by Crippen LogP contribution is -2.30. The standard InChI is InChI=1S/C71H138O17P2/c1-6-9-12-15-18-21-22-23-24-25-26-27-28-29-32-37-42-47-52-57-71(76)88-67(61-82-69(74)55-50-45-40-36-33-30-31-35-38-43-48-53-64(4)5)63-86-90(79,80)84-59-65(72)58-83-89(77,78)85-62-66(60-81-68(73)54-49-44-39-20-17-14-11-8-3)87-70(75)56-51-46-41-34-19-16-13-10-7-2/h64-67,72H,6-63H2,1-5H3,(H,77,78)(H,79,80)/t65-,66+,67+/m0/s1. The van der Waals surface area contributed by atoms with Gasteiger partial charge in [0.1, 0.15) is 19.3 Å². The number of carbonyl (C=O) groups excluding carboxylic acids is 4. The maximum absolute atomic E-state index is 13.0. The Morgan fingerprint density at radius 2 is 0.511 bits per heavy atom. The molecule has 0 aromatic carbocycles. The molecule has 0 saturated carbocycles. The number of unbranched alkanes of at least 4 members (excludes halogenated alkanes) is 43. The Bertz CT molecular complexity index is 1740. The number of hydrogen-bond donors (Lipinski definition) is 3. The maximum Gasteiger partial charge on any atom is 0.472 e. The molecular weight excluding hydrogens is 1190 g/mol. The monoisotopic (exact) mass is 1320 g/mol. The molecule has 0 aromatic rings. The number of aliphatic hydroxyl groups excluding tert-OH is 1. The van der Waals surface area contributed by atoms with Gasteiger partial charge in [-0.25, -0.2) is 9.13 Å². The molecule has 0 bridgehead atoms. The Kier molecular flexibility index (Phi) is 63.0. The van der Waals surface area contributed by atoms with Crippen molar-refractivity contribution in [3.05, 3.63) is 0 Å². The Labute approximate surface area is 549 Å². The average Bonchev–Trinajstić information content (AvgIpc) is 3.73. The van der Waals surface area contributed by atoms with Crippen LogP contribution in [0.2, 0.25) is 0 Å². The van der Waals surface area contributed by atoms with Crippen LogP contribution in [0.4, 0.5) is 0 Å². The van der Waals surface area contributed by atoms with E-state index in [1.165, 1.54) is 186 Å². The Balaban J connectivity index is 5.18. The van der Waals surface area contributed by atoms with Crippen molar-refractivity contribution in [3.63, 3.8) is 0 Å². The van der Waals surface area contributed by atoms with Crippen LogP contribution in [0.1, 0.15) is 369 Å². The minimum atomic E-state index is -4.95. The molecule has 3 N–H and O–H groups in total. The molecule has 534 valence electrons. The molecule has 0 rings (SSSR count). The van der Waals surface area contributed by atoms with Crippen molar-refractivity contribution in [1.29, 1.82) is 0 Å². The fourth-order valence-electron chi connectivity index (χ4n) is 10.8. The SMILES string of the molecule is CCCCCCCCCCCCCCCCCCCCCC(=O)O[C@H](COC(=O)CCCCCCCCCCCCCC(C)C)COP(=O)(O)OC[C@@H](O)COP(=O)(O)OC[C@@H](COC(=O)CCCCCCCCCC)OC(=O)CCCCCCCCCCC. The molecule has 0 aromatic heterocycles. The van der Waals surface area contributed by atoms with Crippen LogP contribution in [0.25, 0.3) is 0 Å². The number of rotatable bonds is 71. The van der Waals surface area contributed by atoms with E-state index in [1.54, 1.807) is 0 Å². The molecule has 17 nitrogen and oxygen atoms in total. The topological polar surface area (TPSA) is 237 Å². The van der Waals surface area contributed by atoms with Gasteiger partial charge in [-0.3, -0.25) is 37.3 Å². The Hall–Kier alpha value is -1.94. The molecule has 0 aliphatic rings. The van der Waals surface area contributed by atoms with Crippen molar-refractivity contribution < 1.29 is 80.2 Å². The van der Waals surface area contributed by atoms with Gasteiger partial charge in [0.05, 0.1) is 26.4 Å². The van der Waals surface area contributed by atoms with Crippen LogP contribution in [0.3, 0.4) is 0 Å². The molecule has 0 aliphatic carbocycles. The molecular formula is C71H138O17P2. The average molecular weight is 1330 g/mol. The number of phosphoric ester groups is 2. The third-order valence-electron chi connectivity index (χ3n) is 16.5. The third-order valence-corrected chi connectivity index (χ3v) is 18.4. The van der Waals surface area contributed by atoms with E-state index < -0.39 is 97.5 Å². The van der Waals surface area contributed by atoms with Gasteiger partial charge in [0.15, 0.2) is 12.2 Å². The van der Waals surface area contributed by atoms with Gasteiger partial charge in [-0.1, -0.05) is 317 Å². The summed E-state index contributed by atoms with van der Waals surface area (Å²) in [5.41, 5.74) is 0. The molecule has 2 unspecified atom stereocenters. The first-order chi connectivity index (χ1) is 43.5. The lowest BCUT2D eigenvalue weighted by molar-refractivity contribution is -0.161. The summed E-state index contributed by atoms with van der Waals surface area (Å²) in [5, 5.41) is 10.6. The molecule has 0 heterocycles. The lowest BCUT2D eigenvalue weighted by Gasteiger charge is -2.21. The first kappa shape index (κ1) is 88.1. The van der Waals surface area contributed by atoms with E-state index in [4.69, 9.17) is 37.0 Å². The molecule has 0 saturated heterocycles. The minimum Gasteiger partial charge on any atom is -0.462 e. The van der Waals surface area contributed by atoms with Crippen molar-refractivity contribution in [2.75, 3.05) is 39.6 Å². The fourth-order valence-corrected chi connectivity index (χ4v) is 12.4. The van der Waals surface area contributed by atoms with Crippen molar-refractivity contribution in [3.8, 4) is 0 Å². The predicted molar refractivity (Wildman–Crippen MR) is 363 cm³/mol. The highest BCUT2D eigenvalue weighted by Crippen LogP contribution is 2.45. The van der Waals surface area contributed by atoms with Crippen LogP contribution in [0.5, 0.6) is 0 Å². The summed E-state index contributed by atoms with van der Waals surface area (Å²) in [4.78, 5) is 72.4. The number of hydrogen-bond acceptors (Lipinski definition) is 15. The zero-order valence-corrected chi connectivity index (χ0v) is 60.1. The molecule has 5 atom stereocenters. The van der Waals surface area contributed by atoms with E-state index in [-0.39, 0.29) is 25.7 Å². The molecule has 0 amide bonds. The zero-order chi connectivity index (χ0) is 66.3. The number of phosphoric acid groups is 2. The predicted octanol–water partition coefficient (Wildman–Crippen LogP) is 20.5. The van der Waals surface area contributed by atoms with Gasteiger partial charge in [-0.05, 0) is 31.6 Å². The van der Waals surface area contributed by atoms with Crippen LogP contribution < -0.4 is 0 Å². The van der Waals surface area contributed by atoms with Crippen molar-refractivity contribution in [2.45, 2.75) is 387 Å². The summed E-state index contributed by atoms with van der Waals surface area (Å²) in [6.07, 6.45) is 51.5. The van der Waals surface area contributed by atoms with E-state index in [2.05, 4.69) is 34.6 Å². The summed E-state index contributed by atoms with van der Waals surface area (Å²) in [7, 11) is -9.89. The molecule has 0 radical (unpaired) electrons. The molecule has 0 aliphatic heterocycles. The van der Waals surface area contributed by atoms with Crippen LogP contribution in [-0.4, -0.2) is 96.7 Å². The van der Waals surface area contributed by atoms with Crippen LogP contribution in [0, 0.1) is 5.92 Å². The van der Waals surface area contributed by atoms with E-state index in [1.807, 2.05) is 0 Å². The largest absolute Gasteiger partial charge is 0.472 e. The highest BCUT2D eigenvalue weighted by atomic mass is 31.2. The number of ether oxygens (including phenoxy) is 4. The van der Waals surface area contributed by atoms with Crippen LogP contribution >= 0.6 is 15.6 Å². The van der Waals surface area contributed by atoms with Gasteiger partial charge in [0, 0.05) is 25.7 Å². The lowest BCUT2D eigenvalue weighted by atomic mass is 10.0. The highest BCUT2D eigenvalue weighted by Gasteiger charge is 2.30. The first-order valence-corrected chi connectivity index (χ1v) is 40.1. The fraction of sp³-hybridized carbons (Fsp3) is 0.944. The normalized spacial score (nSPS) is 14.1. The van der Waals surface area contributed by atoms with E-state index in [9.17, 15) is 43.2 Å². The van der Waals surface area contributed by atoms with E-state index in [0.29, 0.717) is 25.7 Å². The molecule has 90 heavy (non-hydrogen) atoms. The number of aliphatic hydroxyl groups is 1. The number of carbonyl (C=O) groups is 4. The van der Waals surface area contributed by atoms with Gasteiger partial charge in [-0.2, -0.15) is 0 Å². The van der Waals surface area contributed by atoms with E-state index >= 15 is 0 Å². The minimum absolute atomic E-state index is 0.106. The third kappa shape index (κ3) is 64.8. The van der Waals surface area contributed by atoms with Gasteiger partial charge >= 0.3 is 39.5 Å². The summed E-state index contributed by atoms with van der Waals surface area (Å²) >= 11 is 0. The van der Waals surface area contributed by atoms with Crippen LogP contribution in [-0.2, 0) is 65.4 Å². The summed E-state index contributed by atoms with van der Waals surface area (Å²) < 4.78 is 68.2.